The summed E-state index contributed by atoms with van der Waals surface area (Å²) in [4.78, 5) is 33.8. The van der Waals surface area contributed by atoms with Crippen LogP contribution in [0.1, 0.15) is 0 Å². The molecule has 0 aliphatic carbocycles. The summed E-state index contributed by atoms with van der Waals surface area (Å²) in [6.07, 6.45) is 1.14. The highest BCUT2D eigenvalue weighted by Gasteiger charge is 2.24. The third-order valence-electron chi connectivity index (χ3n) is 4.15. The summed E-state index contributed by atoms with van der Waals surface area (Å²) in [5.41, 5.74) is 0.379. The summed E-state index contributed by atoms with van der Waals surface area (Å²) in [5.74, 6) is 0.476. The van der Waals surface area contributed by atoms with Crippen molar-refractivity contribution in [1.82, 2.24) is 15.0 Å². The first-order valence-electron chi connectivity index (χ1n) is 8.67. The van der Waals surface area contributed by atoms with Gasteiger partial charge in [-0.15, -0.1) is 0 Å². The smallest absolute Gasteiger partial charge is 0.353 e. The van der Waals surface area contributed by atoms with E-state index in [9.17, 15) is 20.2 Å². The first-order valence-corrected chi connectivity index (χ1v) is 9.48. The molecule has 0 spiro atoms. The van der Waals surface area contributed by atoms with E-state index in [1.165, 1.54) is 35.6 Å². The molecule has 2 heterocycles. The van der Waals surface area contributed by atoms with Crippen molar-refractivity contribution in [3.05, 3.63) is 69.0 Å². The molecule has 0 saturated heterocycles. The van der Waals surface area contributed by atoms with Gasteiger partial charge in [0.05, 0.1) is 27.2 Å². The number of hydrogen-bond donors (Lipinski definition) is 2. The van der Waals surface area contributed by atoms with Gasteiger partial charge in [-0.2, -0.15) is 0 Å². The molecule has 13 heteroatoms. The number of nitro groups is 2. The summed E-state index contributed by atoms with van der Waals surface area (Å²) in [6, 6.07) is 10.9. The molecule has 0 aliphatic heterocycles. The molecule has 2 N–H and O–H groups in total. The van der Waals surface area contributed by atoms with Gasteiger partial charge in [-0.05, 0) is 24.3 Å². The van der Waals surface area contributed by atoms with Gasteiger partial charge >= 0.3 is 5.69 Å². The summed E-state index contributed by atoms with van der Waals surface area (Å²) >= 11 is 1.28. The molecule has 0 atom stereocenters. The lowest BCUT2D eigenvalue weighted by Crippen LogP contribution is -2.05. The van der Waals surface area contributed by atoms with Crippen LogP contribution in [0.4, 0.5) is 33.8 Å². The van der Waals surface area contributed by atoms with Crippen molar-refractivity contribution in [3.8, 4) is 5.75 Å². The van der Waals surface area contributed by atoms with Crippen LogP contribution < -0.4 is 15.4 Å². The fourth-order valence-corrected chi connectivity index (χ4v) is 3.65. The van der Waals surface area contributed by atoms with E-state index in [1.807, 2.05) is 6.07 Å². The van der Waals surface area contributed by atoms with Crippen molar-refractivity contribution in [2.45, 2.75) is 0 Å². The summed E-state index contributed by atoms with van der Waals surface area (Å²) < 4.78 is 6.02. The normalized spacial score (nSPS) is 10.6. The van der Waals surface area contributed by atoms with Crippen LogP contribution in [-0.2, 0) is 0 Å². The van der Waals surface area contributed by atoms with Crippen molar-refractivity contribution in [2.75, 3.05) is 17.7 Å². The highest BCUT2D eigenvalue weighted by molar-refractivity contribution is 7.22. The zero-order chi connectivity index (χ0) is 22.0. The minimum absolute atomic E-state index is 0.0704. The van der Waals surface area contributed by atoms with Crippen LogP contribution >= 0.6 is 11.3 Å². The van der Waals surface area contributed by atoms with Gasteiger partial charge in [-0.3, -0.25) is 20.2 Å². The van der Waals surface area contributed by atoms with E-state index in [0.717, 1.165) is 11.0 Å². The lowest BCUT2D eigenvalue weighted by Gasteiger charge is -2.08. The number of nitro benzene ring substituents is 1. The van der Waals surface area contributed by atoms with Crippen molar-refractivity contribution >= 4 is 55.4 Å². The van der Waals surface area contributed by atoms with Gasteiger partial charge < -0.3 is 15.4 Å². The van der Waals surface area contributed by atoms with Crippen LogP contribution in [0.2, 0.25) is 0 Å². The molecule has 12 nitrogen and oxygen atoms in total. The third kappa shape index (κ3) is 4.16. The lowest BCUT2D eigenvalue weighted by atomic mass is 10.3. The molecule has 0 aliphatic rings. The number of rotatable bonds is 7. The average Bonchev–Trinajstić information content (AvgIpc) is 3.15. The number of nitrogens with zero attached hydrogens (tertiary/aromatic N) is 5. The number of thiazole rings is 1. The Morgan fingerprint density at radius 2 is 1.77 bits per heavy atom. The summed E-state index contributed by atoms with van der Waals surface area (Å²) in [5, 5.41) is 28.7. The monoisotopic (exact) mass is 439 g/mol. The van der Waals surface area contributed by atoms with E-state index in [-0.39, 0.29) is 23.0 Å². The molecule has 4 aromatic rings. The Morgan fingerprint density at radius 1 is 1.00 bits per heavy atom. The Kier molecular flexibility index (Phi) is 5.24. The molecule has 0 bridgehead atoms. The Bertz CT molecular complexity index is 1310. The first-order chi connectivity index (χ1) is 14.9. The Morgan fingerprint density at radius 3 is 2.48 bits per heavy atom. The molecule has 0 radical (unpaired) electrons. The number of non-ortho nitro benzene ring substituents is 1. The van der Waals surface area contributed by atoms with Gasteiger partial charge in [0.15, 0.2) is 5.13 Å². The number of ether oxygens (including phenoxy) is 1. The van der Waals surface area contributed by atoms with Gasteiger partial charge in [0, 0.05) is 17.8 Å². The summed E-state index contributed by atoms with van der Waals surface area (Å²) in [6.45, 7) is 0. The zero-order valence-electron chi connectivity index (χ0n) is 15.8. The van der Waals surface area contributed by atoms with E-state index in [1.54, 1.807) is 19.2 Å². The van der Waals surface area contributed by atoms with Crippen molar-refractivity contribution in [1.29, 1.82) is 0 Å². The van der Waals surface area contributed by atoms with Crippen molar-refractivity contribution < 1.29 is 14.6 Å². The van der Waals surface area contributed by atoms with E-state index in [2.05, 4.69) is 25.6 Å². The molecule has 0 amide bonds. The van der Waals surface area contributed by atoms with Gasteiger partial charge in [-0.25, -0.2) is 15.0 Å². The first kappa shape index (κ1) is 19.9. The third-order valence-corrected chi connectivity index (χ3v) is 5.08. The predicted octanol–water partition coefficient (Wildman–Crippen LogP) is 4.40. The number of hydrogen-bond acceptors (Lipinski definition) is 11. The maximum atomic E-state index is 11.8. The minimum Gasteiger partial charge on any atom is -0.497 e. The van der Waals surface area contributed by atoms with E-state index < -0.39 is 15.5 Å². The van der Waals surface area contributed by atoms with Crippen LogP contribution in [0.3, 0.4) is 0 Å². The fourth-order valence-electron chi connectivity index (χ4n) is 2.76. The SMILES string of the molecule is COc1ccc2nc(Nc3ncnc(Nc4cccc([N+](=O)[O-])c4)c3[N+](=O)[O-])sc2c1. The number of fused-ring (bicyclic) bond motifs is 1. The van der Waals surface area contributed by atoms with E-state index in [0.29, 0.717) is 16.4 Å². The van der Waals surface area contributed by atoms with Crippen LogP contribution in [0.25, 0.3) is 10.2 Å². The van der Waals surface area contributed by atoms with Gasteiger partial charge in [0.25, 0.3) is 5.69 Å². The second-order valence-corrected chi connectivity index (χ2v) is 7.12. The largest absolute Gasteiger partial charge is 0.497 e. The highest BCUT2D eigenvalue weighted by Crippen LogP contribution is 2.36. The second-order valence-electron chi connectivity index (χ2n) is 6.09. The van der Waals surface area contributed by atoms with E-state index in [4.69, 9.17) is 4.74 Å². The lowest BCUT2D eigenvalue weighted by molar-refractivity contribution is -0.384. The molecule has 0 unspecified atom stereocenters. The van der Waals surface area contributed by atoms with Gasteiger partial charge in [-0.1, -0.05) is 17.4 Å². The molecule has 31 heavy (non-hydrogen) atoms. The maximum absolute atomic E-state index is 11.8. The molecule has 4 rings (SSSR count). The van der Waals surface area contributed by atoms with Crippen LogP contribution in [0.5, 0.6) is 5.75 Å². The molecular weight excluding hydrogens is 426 g/mol. The zero-order valence-corrected chi connectivity index (χ0v) is 16.6. The van der Waals surface area contributed by atoms with Crippen LogP contribution in [0, 0.1) is 20.2 Å². The average molecular weight is 439 g/mol. The number of aromatic nitrogens is 3. The van der Waals surface area contributed by atoms with Gasteiger partial charge in [0.2, 0.25) is 11.6 Å². The molecule has 0 fully saturated rings. The van der Waals surface area contributed by atoms with Crippen molar-refractivity contribution in [3.63, 3.8) is 0 Å². The molecule has 2 aromatic heterocycles. The Hall–Kier alpha value is -4.39. The predicted molar refractivity (Wildman–Crippen MR) is 115 cm³/mol. The van der Waals surface area contributed by atoms with E-state index >= 15 is 0 Å². The second kappa shape index (κ2) is 8.16. The van der Waals surface area contributed by atoms with Crippen molar-refractivity contribution in [2.24, 2.45) is 0 Å². The molecule has 0 saturated carbocycles. The number of anilines is 4. The quantitative estimate of drug-likeness (QED) is 0.312. The minimum atomic E-state index is -0.641. The fraction of sp³-hybridized carbons (Fsp3) is 0.0556. The topological polar surface area (TPSA) is 158 Å². The molecule has 156 valence electrons. The number of benzene rings is 2. The van der Waals surface area contributed by atoms with Crippen LogP contribution in [-0.4, -0.2) is 31.9 Å². The number of methoxy groups -OCH3 is 1. The van der Waals surface area contributed by atoms with Crippen LogP contribution in [0.15, 0.2) is 48.8 Å². The Labute approximate surface area is 177 Å². The standard InChI is InChI=1S/C18H13N7O5S/c1-30-12-5-6-13-14(8-12)31-18(22-13)23-17-15(25(28)29)16(19-9-20-17)21-10-3-2-4-11(7-10)24(26)27/h2-9H,1H3,(H2,19,20,21,22,23). The Balaban J connectivity index is 1.68. The molecule has 2 aromatic carbocycles. The maximum Gasteiger partial charge on any atom is 0.353 e. The van der Waals surface area contributed by atoms with Gasteiger partial charge in [0.1, 0.15) is 12.1 Å². The number of nitrogens with one attached hydrogen (secondary N) is 2. The molecular formula is C18H13N7O5S. The highest BCUT2D eigenvalue weighted by atomic mass is 32.1. The summed E-state index contributed by atoms with van der Waals surface area (Å²) in [7, 11) is 1.56.